The molecule has 0 aromatic carbocycles. The second-order valence-corrected chi connectivity index (χ2v) is 6.20. The molecule has 0 radical (unpaired) electrons. The molecule has 1 rings (SSSR count). The molecular formula is C6H6ClNO3S2. The molecule has 0 N–H and O–H groups in total. The lowest BCUT2D eigenvalue weighted by molar-refractivity contribution is -0.115. The number of hydrogen-bond acceptors (Lipinski definition) is 4. The third-order valence-electron chi connectivity index (χ3n) is 1.18. The van der Waals surface area contributed by atoms with Gasteiger partial charge in [-0.15, -0.1) is 0 Å². The summed E-state index contributed by atoms with van der Waals surface area (Å²) in [4.78, 5) is 14.2. The SMILES string of the molecule is CC(=O)N=C1CC=C(S(=O)(=O)Cl)S1. The van der Waals surface area contributed by atoms with Crippen LogP contribution in [0, 0.1) is 0 Å². The first-order valence-corrected chi connectivity index (χ1v) is 6.43. The number of allylic oxidation sites excluding steroid dienone is 1. The van der Waals surface area contributed by atoms with Gasteiger partial charge in [0.1, 0.15) is 4.24 Å². The molecule has 0 bridgehead atoms. The number of aliphatic imine (C=N–C) groups is 1. The van der Waals surface area contributed by atoms with Gasteiger partial charge >= 0.3 is 0 Å². The predicted octanol–water partition coefficient (Wildman–Crippen LogP) is 1.48. The first-order valence-electron chi connectivity index (χ1n) is 3.30. The minimum atomic E-state index is -3.67. The Bertz CT molecular complexity index is 396. The summed E-state index contributed by atoms with van der Waals surface area (Å²) in [6, 6.07) is 0. The average Bonchev–Trinajstić information content (AvgIpc) is 2.32. The summed E-state index contributed by atoms with van der Waals surface area (Å²) in [5.74, 6) is -0.343. The molecule has 4 nitrogen and oxygen atoms in total. The Kier molecular flexibility index (Phi) is 3.15. The zero-order chi connectivity index (χ0) is 10.1. The topological polar surface area (TPSA) is 63.6 Å². The predicted molar refractivity (Wildman–Crippen MR) is 53.2 cm³/mol. The number of thioether (sulfide) groups is 1. The first kappa shape index (κ1) is 10.7. The van der Waals surface area contributed by atoms with E-state index in [1.807, 2.05) is 0 Å². The summed E-state index contributed by atoms with van der Waals surface area (Å²) in [5.41, 5.74) is 0. The van der Waals surface area contributed by atoms with Gasteiger partial charge in [0.25, 0.3) is 9.05 Å². The molecule has 1 aliphatic rings. The number of amides is 1. The minimum absolute atomic E-state index is 0.0502. The van der Waals surface area contributed by atoms with E-state index in [2.05, 4.69) is 4.99 Å². The van der Waals surface area contributed by atoms with E-state index in [9.17, 15) is 13.2 Å². The molecule has 0 fully saturated rings. The largest absolute Gasteiger partial charge is 0.273 e. The van der Waals surface area contributed by atoms with Crippen LogP contribution in [0.15, 0.2) is 15.3 Å². The van der Waals surface area contributed by atoms with E-state index < -0.39 is 9.05 Å². The van der Waals surface area contributed by atoms with Crippen molar-refractivity contribution in [3.63, 3.8) is 0 Å². The van der Waals surface area contributed by atoms with E-state index in [4.69, 9.17) is 10.7 Å². The van der Waals surface area contributed by atoms with Gasteiger partial charge in [-0.25, -0.2) is 13.4 Å². The van der Waals surface area contributed by atoms with Crippen molar-refractivity contribution in [1.29, 1.82) is 0 Å². The van der Waals surface area contributed by atoms with E-state index in [0.29, 0.717) is 11.5 Å². The standard InChI is InChI=1S/C6H6ClNO3S2/c1-4(9)8-5-2-3-6(12-5)13(7,10)11/h3H,2H2,1H3. The fourth-order valence-electron chi connectivity index (χ4n) is 0.763. The number of hydrogen-bond donors (Lipinski definition) is 0. The molecule has 0 aliphatic carbocycles. The Hall–Kier alpha value is -0.330. The monoisotopic (exact) mass is 239 g/mol. The van der Waals surface area contributed by atoms with Gasteiger partial charge in [0.05, 0.1) is 5.04 Å². The lowest BCUT2D eigenvalue weighted by Crippen LogP contribution is -1.92. The molecule has 0 atom stereocenters. The summed E-state index contributed by atoms with van der Waals surface area (Å²) in [5, 5.41) is 0.465. The smallest absolute Gasteiger partial charge is 0.267 e. The highest BCUT2D eigenvalue weighted by atomic mass is 35.7. The lowest BCUT2D eigenvalue weighted by Gasteiger charge is -1.93. The van der Waals surface area contributed by atoms with Gasteiger partial charge in [0.2, 0.25) is 5.91 Å². The van der Waals surface area contributed by atoms with Gasteiger partial charge in [-0.05, 0) is 0 Å². The van der Waals surface area contributed by atoms with E-state index in [-0.39, 0.29) is 10.1 Å². The van der Waals surface area contributed by atoms with Gasteiger partial charge in [-0.3, -0.25) is 4.79 Å². The van der Waals surface area contributed by atoms with Crippen LogP contribution in [0.5, 0.6) is 0 Å². The van der Waals surface area contributed by atoms with Gasteiger partial charge in [-0.2, -0.15) is 0 Å². The van der Waals surface area contributed by atoms with Gasteiger partial charge < -0.3 is 0 Å². The molecule has 13 heavy (non-hydrogen) atoms. The molecule has 0 unspecified atom stereocenters. The van der Waals surface area contributed by atoms with E-state index in [1.54, 1.807) is 0 Å². The van der Waals surface area contributed by atoms with Crippen LogP contribution in [0.1, 0.15) is 13.3 Å². The molecule has 1 aliphatic heterocycles. The third kappa shape index (κ3) is 3.13. The number of halogens is 1. The van der Waals surface area contributed by atoms with E-state index in [0.717, 1.165) is 11.8 Å². The molecule has 0 saturated heterocycles. The van der Waals surface area contributed by atoms with Crippen molar-refractivity contribution in [2.45, 2.75) is 13.3 Å². The fourth-order valence-corrected chi connectivity index (χ4v) is 2.94. The minimum Gasteiger partial charge on any atom is -0.273 e. The van der Waals surface area contributed by atoms with Crippen LogP contribution in [0.25, 0.3) is 0 Å². The number of carbonyl (C=O) groups is 1. The van der Waals surface area contributed by atoms with Crippen LogP contribution < -0.4 is 0 Å². The molecule has 1 heterocycles. The van der Waals surface area contributed by atoms with E-state index >= 15 is 0 Å². The second kappa shape index (κ2) is 3.81. The number of nitrogens with zero attached hydrogens (tertiary/aromatic N) is 1. The Balaban J connectivity index is 2.79. The second-order valence-electron chi connectivity index (χ2n) is 2.29. The zero-order valence-corrected chi connectivity index (χ0v) is 9.04. The van der Waals surface area contributed by atoms with Crippen molar-refractivity contribution < 1.29 is 13.2 Å². The van der Waals surface area contributed by atoms with Crippen molar-refractivity contribution in [1.82, 2.24) is 0 Å². The van der Waals surface area contributed by atoms with Crippen LogP contribution in [-0.4, -0.2) is 19.4 Å². The summed E-state index contributed by atoms with van der Waals surface area (Å²) < 4.78 is 21.7. The fraction of sp³-hybridized carbons (Fsp3) is 0.333. The van der Waals surface area contributed by atoms with Crippen LogP contribution in [0.3, 0.4) is 0 Å². The van der Waals surface area contributed by atoms with Crippen molar-refractivity contribution in [2.24, 2.45) is 4.99 Å². The molecule has 0 aromatic rings. The molecule has 0 aromatic heterocycles. The van der Waals surface area contributed by atoms with Crippen LogP contribution in [0.2, 0.25) is 0 Å². The van der Waals surface area contributed by atoms with Gasteiger partial charge in [0, 0.05) is 24.0 Å². The van der Waals surface area contributed by atoms with Crippen molar-refractivity contribution in [2.75, 3.05) is 0 Å². The first-order chi connectivity index (χ1) is 5.89. The highest BCUT2D eigenvalue weighted by Crippen LogP contribution is 2.33. The molecule has 1 amide bonds. The normalized spacial score (nSPS) is 20.5. The Morgan fingerprint density at radius 2 is 2.31 bits per heavy atom. The van der Waals surface area contributed by atoms with Crippen molar-refractivity contribution >= 4 is 42.4 Å². The summed E-state index contributed by atoms with van der Waals surface area (Å²) in [7, 11) is 1.42. The van der Waals surface area contributed by atoms with Crippen molar-refractivity contribution in [3.8, 4) is 0 Å². The Morgan fingerprint density at radius 1 is 1.69 bits per heavy atom. The molecular weight excluding hydrogens is 234 g/mol. The third-order valence-corrected chi connectivity index (χ3v) is 4.37. The quantitative estimate of drug-likeness (QED) is 0.650. The van der Waals surface area contributed by atoms with Crippen molar-refractivity contribution in [3.05, 3.63) is 10.3 Å². The zero-order valence-electron chi connectivity index (χ0n) is 6.65. The maximum Gasteiger partial charge on any atom is 0.267 e. The van der Waals surface area contributed by atoms with Crippen LogP contribution in [0.4, 0.5) is 0 Å². The molecule has 7 heteroatoms. The molecule has 72 valence electrons. The van der Waals surface area contributed by atoms with Crippen LogP contribution in [-0.2, 0) is 13.8 Å². The summed E-state index contributed by atoms with van der Waals surface area (Å²) >= 11 is 0.916. The van der Waals surface area contributed by atoms with Crippen LogP contribution >= 0.6 is 22.4 Å². The maximum absolute atomic E-state index is 10.8. The number of carbonyl (C=O) groups excluding carboxylic acids is 1. The van der Waals surface area contributed by atoms with Gasteiger partial charge in [0.15, 0.2) is 0 Å². The molecule has 0 spiro atoms. The summed E-state index contributed by atoms with van der Waals surface area (Å²) in [6.07, 6.45) is 1.79. The lowest BCUT2D eigenvalue weighted by atomic mass is 10.5. The highest BCUT2D eigenvalue weighted by molar-refractivity contribution is 8.34. The molecule has 0 saturated carbocycles. The summed E-state index contributed by atoms with van der Waals surface area (Å²) in [6.45, 7) is 1.31. The van der Waals surface area contributed by atoms with E-state index in [1.165, 1.54) is 13.0 Å². The number of rotatable bonds is 1. The highest BCUT2D eigenvalue weighted by Gasteiger charge is 2.22. The Morgan fingerprint density at radius 3 is 2.69 bits per heavy atom. The maximum atomic E-state index is 10.8. The van der Waals surface area contributed by atoms with Gasteiger partial charge in [-0.1, -0.05) is 17.8 Å². The average molecular weight is 240 g/mol. The Labute approximate surface area is 84.5 Å².